The Morgan fingerprint density at radius 2 is 1.94 bits per heavy atom. The lowest BCUT2D eigenvalue weighted by Crippen LogP contribution is -2.01. The predicted molar refractivity (Wildman–Crippen MR) is 66.3 cm³/mol. The number of nitrogens with two attached hydrogens (primary N) is 1. The van der Waals surface area contributed by atoms with Gasteiger partial charge < -0.3 is 10.5 Å². The van der Waals surface area contributed by atoms with E-state index < -0.39 is 0 Å². The standard InChI is InChI=1S/C14H14FNO/c1-10-4-2-3-5-14(10)17-9-11-8-12(15)6-7-13(11)16/h2-8H,9,16H2,1H3. The van der Waals surface area contributed by atoms with Crippen LogP contribution >= 0.6 is 0 Å². The summed E-state index contributed by atoms with van der Waals surface area (Å²) in [5.74, 6) is 0.485. The minimum Gasteiger partial charge on any atom is -0.489 e. The van der Waals surface area contributed by atoms with Gasteiger partial charge in [-0.05, 0) is 36.8 Å². The first-order valence-corrected chi connectivity index (χ1v) is 5.39. The smallest absolute Gasteiger partial charge is 0.123 e. The maximum atomic E-state index is 13.0. The van der Waals surface area contributed by atoms with Crippen LogP contribution in [-0.2, 0) is 6.61 Å². The van der Waals surface area contributed by atoms with Crippen LogP contribution in [0.2, 0.25) is 0 Å². The summed E-state index contributed by atoms with van der Waals surface area (Å²) in [5, 5.41) is 0. The van der Waals surface area contributed by atoms with Crippen LogP contribution in [0.1, 0.15) is 11.1 Å². The van der Waals surface area contributed by atoms with Crippen LogP contribution in [0.25, 0.3) is 0 Å². The first-order chi connectivity index (χ1) is 8.16. The third-order valence-electron chi connectivity index (χ3n) is 2.58. The Bertz CT molecular complexity index is 525. The minimum atomic E-state index is -0.303. The number of benzene rings is 2. The van der Waals surface area contributed by atoms with E-state index in [-0.39, 0.29) is 12.4 Å². The zero-order chi connectivity index (χ0) is 12.3. The van der Waals surface area contributed by atoms with E-state index in [4.69, 9.17) is 10.5 Å². The molecule has 0 saturated carbocycles. The Hall–Kier alpha value is -2.03. The van der Waals surface area contributed by atoms with Gasteiger partial charge in [-0.2, -0.15) is 0 Å². The molecule has 0 saturated heterocycles. The lowest BCUT2D eigenvalue weighted by atomic mass is 10.2. The Kier molecular flexibility index (Phi) is 3.28. The van der Waals surface area contributed by atoms with Gasteiger partial charge in [0.2, 0.25) is 0 Å². The normalized spacial score (nSPS) is 10.2. The van der Waals surface area contributed by atoms with Gasteiger partial charge in [0.05, 0.1) is 0 Å². The van der Waals surface area contributed by atoms with Crippen molar-refractivity contribution in [1.29, 1.82) is 0 Å². The van der Waals surface area contributed by atoms with E-state index in [1.54, 1.807) is 6.07 Å². The molecular formula is C14H14FNO. The van der Waals surface area contributed by atoms with Crippen molar-refractivity contribution in [2.75, 3.05) is 5.73 Å². The van der Waals surface area contributed by atoms with E-state index in [0.29, 0.717) is 11.3 Å². The number of hydrogen-bond donors (Lipinski definition) is 1. The van der Waals surface area contributed by atoms with Crippen molar-refractivity contribution in [2.24, 2.45) is 0 Å². The second kappa shape index (κ2) is 4.87. The van der Waals surface area contributed by atoms with Crippen molar-refractivity contribution in [2.45, 2.75) is 13.5 Å². The SMILES string of the molecule is Cc1ccccc1OCc1cc(F)ccc1N. The van der Waals surface area contributed by atoms with Crippen molar-refractivity contribution >= 4 is 5.69 Å². The van der Waals surface area contributed by atoms with Crippen LogP contribution < -0.4 is 10.5 Å². The molecule has 0 radical (unpaired) electrons. The summed E-state index contributed by atoms with van der Waals surface area (Å²) in [5.41, 5.74) is 7.99. The first-order valence-electron chi connectivity index (χ1n) is 5.39. The number of rotatable bonds is 3. The van der Waals surface area contributed by atoms with E-state index in [2.05, 4.69) is 0 Å². The van der Waals surface area contributed by atoms with Crippen LogP contribution in [0.5, 0.6) is 5.75 Å². The maximum absolute atomic E-state index is 13.0. The van der Waals surface area contributed by atoms with Gasteiger partial charge in [0.25, 0.3) is 0 Å². The molecule has 0 heterocycles. The van der Waals surface area contributed by atoms with Gasteiger partial charge in [0, 0.05) is 11.3 Å². The van der Waals surface area contributed by atoms with E-state index >= 15 is 0 Å². The first kappa shape index (κ1) is 11.5. The molecular weight excluding hydrogens is 217 g/mol. The molecule has 0 unspecified atom stereocenters. The molecule has 2 aromatic carbocycles. The Labute approximate surface area is 99.8 Å². The molecule has 3 heteroatoms. The largest absolute Gasteiger partial charge is 0.489 e. The van der Waals surface area contributed by atoms with E-state index in [1.807, 2.05) is 31.2 Å². The van der Waals surface area contributed by atoms with Crippen molar-refractivity contribution in [1.82, 2.24) is 0 Å². The lowest BCUT2D eigenvalue weighted by molar-refractivity contribution is 0.304. The summed E-state index contributed by atoms with van der Waals surface area (Å²) in [6, 6.07) is 12.0. The summed E-state index contributed by atoms with van der Waals surface area (Å²) in [6.07, 6.45) is 0. The van der Waals surface area contributed by atoms with Crippen molar-refractivity contribution < 1.29 is 9.13 Å². The van der Waals surface area contributed by atoms with Crippen molar-refractivity contribution in [3.05, 3.63) is 59.4 Å². The molecule has 0 spiro atoms. The summed E-state index contributed by atoms with van der Waals surface area (Å²) < 4.78 is 18.7. The fourth-order valence-electron chi connectivity index (χ4n) is 1.57. The Morgan fingerprint density at radius 3 is 2.71 bits per heavy atom. The van der Waals surface area contributed by atoms with Gasteiger partial charge >= 0.3 is 0 Å². The maximum Gasteiger partial charge on any atom is 0.123 e. The molecule has 0 aliphatic rings. The van der Waals surface area contributed by atoms with Gasteiger partial charge in [-0.1, -0.05) is 18.2 Å². The molecule has 17 heavy (non-hydrogen) atoms. The van der Waals surface area contributed by atoms with Crippen LogP contribution in [0.4, 0.5) is 10.1 Å². The van der Waals surface area contributed by atoms with Gasteiger partial charge in [-0.25, -0.2) is 4.39 Å². The topological polar surface area (TPSA) is 35.2 Å². The van der Waals surface area contributed by atoms with Crippen LogP contribution in [0, 0.1) is 12.7 Å². The molecule has 2 N–H and O–H groups in total. The summed E-state index contributed by atoms with van der Waals surface area (Å²) in [6.45, 7) is 2.23. The van der Waals surface area contributed by atoms with Gasteiger partial charge in [-0.3, -0.25) is 0 Å². The molecule has 0 amide bonds. The molecule has 88 valence electrons. The van der Waals surface area contributed by atoms with Crippen LogP contribution in [0.15, 0.2) is 42.5 Å². The van der Waals surface area contributed by atoms with Crippen LogP contribution in [-0.4, -0.2) is 0 Å². The third kappa shape index (κ3) is 2.75. The van der Waals surface area contributed by atoms with E-state index in [1.165, 1.54) is 12.1 Å². The van der Waals surface area contributed by atoms with Crippen LogP contribution in [0.3, 0.4) is 0 Å². The lowest BCUT2D eigenvalue weighted by Gasteiger charge is -2.10. The fourth-order valence-corrected chi connectivity index (χ4v) is 1.57. The molecule has 0 fully saturated rings. The monoisotopic (exact) mass is 231 g/mol. The van der Waals surface area contributed by atoms with E-state index in [9.17, 15) is 4.39 Å². The highest BCUT2D eigenvalue weighted by atomic mass is 19.1. The Morgan fingerprint density at radius 1 is 1.18 bits per heavy atom. The highest BCUT2D eigenvalue weighted by Crippen LogP contribution is 2.20. The number of nitrogen functional groups attached to an aromatic ring is 1. The number of hydrogen-bond acceptors (Lipinski definition) is 2. The molecule has 0 aliphatic heterocycles. The summed E-state index contributed by atoms with van der Waals surface area (Å²) >= 11 is 0. The number of para-hydroxylation sites is 1. The quantitative estimate of drug-likeness (QED) is 0.822. The minimum absolute atomic E-state index is 0.272. The zero-order valence-corrected chi connectivity index (χ0v) is 9.61. The van der Waals surface area contributed by atoms with Crippen molar-refractivity contribution in [3.8, 4) is 5.75 Å². The molecule has 0 atom stereocenters. The number of anilines is 1. The number of halogens is 1. The predicted octanol–water partition coefficient (Wildman–Crippen LogP) is 3.30. The highest BCUT2D eigenvalue weighted by molar-refractivity contribution is 5.46. The second-order valence-electron chi connectivity index (χ2n) is 3.90. The fraction of sp³-hybridized carbons (Fsp3) is 0.143. The highest BCUT2D eigenvalue weighted by Gasteiger charge is 2.03. The number of ether oxygens (including phenoxy) is 1. The molecule has 0 aromatic heterocycles. The summed E-state index contributed by atoms with van der Waals surface area (Å²) in [4.78, 5) is 0. The molecule has 0 bridgehead atoms. The second-order valence-corrected chi connectivity index (χ2v) is 3.90. The Balaban J connectivity index is 2.12. The molecule has 2 rings (SSSR count). The third-order valence-corrected chi connectivity index (χ3v) is 2.58. The molecule has 0 aliphatic carbocycles. The zero-order valence-electron chi connectivity index (χ0n) is 9.61. The van der Waals surface area contributed by atoms with Gasteiger partial charge in [0.15, 0.2) is 0 Å². The van der Waals surface area contributed by atoms with Gasteiger partial charge in [0.1, 0.15) is 18.2 Å². The molecule has 2 aromatic rings. The number of aryl methyl sites for hydroxylation is 1. The van der Waals surface area contributed by atoms with Gasteiger partial charge in [-0.15, -0.1) is 0 Å². The van der Waals surface area contributed by atoms with E-state index in [0.717, 1.165) is 11.3 Å². The molecule has 2 nitrogen and oxygen atoms in total. The average molecular weight is 231 g/mol. The van der Waals surface area contributed by atoms with Crippen molar-refractivity contribution in [3.63, 3.8) is 0 Å². The average Bonchev–Trinajstić information content (AvgIpc) is 2.32. The summed E-state index contributed by atoms with van der Waals surface area (Å²) in [7, 11) is 0.